The van der Waals surface area contributed by atoms with Crippen molar-refractivity contribution in [3.05, 3.63) is 53.1 Å². The first-order chi connectivity index (χ1) is 13.4. The van der Waals surface area contributed by atoms with E-state index in [0.29, 0.717) is 16.6 Å². The average Bonchev–Trinajstić information content (AvgIpc) is 3.09. The van der Waals surface area contributed by atoms with Crippen LogP contribution in [0.5, 0.6) is 5.75 Å². The van der Waals surface area contributed by atoms with Crippen molar-refractivity contribution in [2.24, 2.45) is 0 Å². The van der Waals surface area contributed by atoms with E-state index >= 15 is 0 Å². The number of rotatable bonds is 6. The molecule has 146 valence electrons. The molecule has 28 heavy (non-hydrogen) atoms. The van der Waals surface area contributed by atoms with E-state index in [4.69, 9.17) is 4.74 Å². The highest BCUT2D eigenvalue weighted by Gasteiger charge is 2.20. The van der Waals surface area contributed by atoms with Gasteiger partial charge in [-0.1, -0.05) is 23.9 Å². The highest BCUT2D eigenvalue weighted by Crippen LogP contribution is 2.28. The van der Waals surface area contributed by atoms with E-state index in [1.807, 2.05) is 58.0 Å². The number of hydrogen-bond acceptors (Lipinski definition) is 6. The molecule has 0 saturated heterocycles. The minimum Gasteiger partial charge on any atom is -0.495 e. The van der Waals surface area contributed by atoms with Crippen LogP contribution in [0.3, 0.4) is 0 Å². The van der Waals surface area contributed by atoms with Gasteiger partial charge in [0, 0.05) is 0 Å². The third-order valence-corrected chi connectivity index (χ3v) is 5.19. The number of anilines is 1. The summed E-state index contributed by atoms with van der Waals surface area (Å²) in [5.41, 5.74) is 4.81. The van der Waals surface area contributed by atoms with Gasteiger partial charge in [0.2, 0.25) is 11.1 Å². The van der Waals surface area contributed by atoms with Crippen molar-refractivity contribution in [3.8, 4) is 11.4 Å². The number of carbonyl (C=O) groups is 1. The van der Waals surface area contributed by atoms with E-state index in [-0.39, 0.29) is 5.91 Å². The second-order valence-corrected chi connectivity index (χ2v) is 7.98. The van der Waals surface area contributed by atoms with Gasteiger partial charge in [0.15, 0.2) is 0 Å². The lowest BCUT2D eigenvalue weighted by atomic mass is 10.1. The summed E-state index contributed by atoms with van der Waals surface area (Å²) < 4.78 is 6.98. The minimum atomic E-state index is -0.402. The van der Waals surface area contributed by atoms with Gasteiger partial charge in [-0.3, -0.25) is 4.79 Å². The molecule has 0 radical (unpaired) electrons. The van der Waals surface area contributed by atoms with E-state index in [9.17, 15) is 4.79 Å². The lowest BCUT2D eigenvalue weighted by Crippen LogP contribution is -2.23. The zero-order valence-electron chi connectivity index (χ0n) is 16.6. The Kier molecular flexibility index (Phi) is 5.99. The van der Waals surface area contributed by atoms with Gasteiger partial charge < -0.3 is 10.1 Å². The Hall–Kier alpha value is -2.87. The number of aryl methyl sites for hydroxylation is 3. The molecule has 2 aromatic carbocycles. The number of nitrogens with one attached hydrogen (secondary N) is 1. The fourth-order valence-corrected chi connectivity index (χ4v) is 3.66. The minimum absolute atomic E-state index is 0.149. The quantitative estimate of drug-likeness (QED) is 0.639. The number of nitrogens with zero attached hydrogens (tertiary/aromatic N) is 4. The number of thioether (sulfide) groups is 1. The van der Waals surface area contributed by atoms with Crippen molar-refractivity contribution in [3.63, 3.8) is 0 Å². The number of benzene rings is 2. The van der Waals surface area contributed by atoms with Gasteiger partial charge in [0.1, 0.15) is 5.75 Å². The predicted octanol–water partition coefficient (Wildman–Crippen LogP) is 3.72. The molecule has 0 aliphatic heterocycles. The van der Waals surface area contributed by atoms with Crippen LogP contribution in [0.25, 0.3) is 5.69 Å². The lowest BCUT2D eigenvalue weighted by molar-refractivity contribution is -0.115. The molecular formula is C20H23N5O2S. The number of methoxy groups -OCH3 is 1. The van der Waals surface area contributed by atoms with Crippen LogP contribution in [-0.2, 0) is 4.79 Å². The van der Waals surface area contributed by atoms with Gasteiger partial charge in [0.25, 0.3) is 0 Å². The van der Waals surface area contributed by atoms with Crippen molar-refractivity contribution < 1.29 is 9.53 Å². The monoisotopic (exact) mass is 397 g/mol. The summed E-state index contributed by atoms with van der Waals surface area (Å²) in [6.07, 6.45) is 0. The molecule has 0 unspecified atom stereocenters. The van der Waals surface area contributed by atoms with E-state index in [2.05, 4.69) is 26.9 Å². The second kappa shape index (κ2) is 8.43. The van der Waals surface area contributed by atoms with Gasteiger partial charge in [-0.2, -0.15) is 4.68 Å². The van der Waals surface area contributed by atoms with Crippen molar-refractivity contribution in [2.75, 3.05) is 12.4 Å². The van der Waals surface area contributed by atoms with Crippen LogP contribution < -0.4 is 10.1 Å². The molecule has 3 aromatic rings. The Balaban J connectivity index is 1.77. The third-order valence-electron chi connectivity index (χ3n) is 4.16. The largest absolute Gasteiger partial charge is 0.495 e. The normalized spacial score (nSPS) is 11.9. The van der Waals surface area contributed by atoms with Crippen LogP contribution in [0.1, 0.15) is 23.6 Å². The number of hydrogen-bond donors (Lipinski definition) is 1. The van der Waals surface area contributed by atoms with Crippen LogP contribution in [0.4, 0.5) is 5.69 Å². The maximum absolute atomic E-state index is 12.7. The summed E-state index contributed by atoms with van der Waals surface area (Å²) in [5, 5.41) is 15.0. The van der Waals surface area contributed by atoms with Crippen molar-refractivity contribution in [1.82, 2.24) is 20.2 Å². The molecule has 1 N–H and O–H groups in total. The molecule has 0 aliphatic carbocycles. The molecule has 0 saturated carbocycles. The summed E-state index contributed by atoms with van der Waals surface area (Å²) >= 11 is 1.30. The SMILES string of the molecule is COc1ccc(C)cc1NC(=O)[C@@H](C)Sc1nnnn1-c1cc(C)cc(C)c1. The molecule has 1 aromatic heterocycles. The van der Waals surface area contributed by atoms with E-state index in [0.717, 1.165) is 22.4 Å². The predicted molar refractivity (Wildman–Crippen MR) is 110 cm³/mol. The van der Waals surface area contributed by atoms with Gasteiger partial charge in [-0.15, -0.1) is 5.10 Å². The molecule has 8 heteroatoms. The maximum Gasteiger partial charge on any atom is 0.237 e. The van der Waals surface area contributed by atoms with Gasteiger partial charge >= 0.3 is 0 Å². The molecule has 1 heterocycles. The van der Waals surface area contributed by atoms with Crippen LogP contribution in [0, 0.1) is 20.8 Å². The molecule has 0 spiro atoms. The molecule has 7 nitrogen and oxygen atoms in total. The molecule has 3 rings (SSSR count). The number of carbonyl (C=O) groups excluding carboxylic acids is 1. The van der Waals surface area contributed by atoms with Crippen LogP contribution in [0.15, 0.2) is 41.6 Å². The van der Waals surface area contributed by atoms with Crippen molar-refractivity contribution in [2.45, 2.75) is 38.1 Å². The molecule has 0 bridgehead atoms. The Labute approximate surface area is 168 Å². The second-order valence-electron chi connectivity index (χ2n) is 6.67. The maximum atomic E-state index is 12.7. The molecule has 0 aliphatic rings. The van der Waals surface area contributed by atoms with Gasteiger partial charge in [0.05, 0.1) is 23.7 Å². The van der Waals surface area contributed by atoms with E-state index in [1.165, 1.54) is 11.8 Å². The van der Waals surface area contributed by atoms with Crippen molar-refractivity contribution >= 4 is 23.4 Å². The van der Waals surface area contributed by atoms with Crippen molar-refractivity contribution in [1.29, 1.82) is 0 Å². The van der Waals surface area contributed by atoms with Gasteiger partial charge in [-0.05, 0) is 79.1 Å². The highest BCUT2D eigenvalue weighted by molar-refractivity contribution is 8.00. The number of amides is 1. The standard InChI is InChI=1S/C20H23N5O2S/c1-12-6-7-18(27-5)17(11-12)21-19(26)15(4)28-20-22-23-24-25(20)16-9-13(2)8-14(3)10-16/h6-11,15H,1-5H3,(H,21,26)/t15-/m1/s1. The zero-order valence-corrected chi connectivity index (χ0v) is 17.4. The lowest BCUT2D eigenvalue weighted by Gasteiger charge is -2.14. The Morgan fingerprint density at radius 1 is 1.11 bits per heavy atom. The summed E-state index contributed by atoms with van der Waals surface area (Å²) in [5.74, 6) is 0.472. The van der Waals surface area contributed by atoms with Crippen LogP contribution >= 0.6 is 11.8 Å². The molecule has 0 fully saturated rings. The van der Waals surface area contributed by atoms with Crippen LogP contribution in [-0.4, -0.2) is 38.5 Å². The number of ether oxygens (including phenoxy) is 1. The Bertz CT molecular complexity index is 982. The Morgan fingerprint density at radius 2 is 1.82 bits per heavy atom. The first kappa shape index (κ1) is 19.9. The summed E-state index contributed by atoms with van der Waals surface area (Å²) in [6, 6.07) is 11.8. The first-order valence-corrected chi connectivity index (χ1v) is 9.74. The number of aromatic nitrogens is 4. The summed E-state index contributed by atoms with van der Waals surface area (Å²) in [7, 11) is 1.58. The molecular weight excluding hydrogens is 374 g/mol. The Morgan fingerprint density at radius 3 is 2.50 bits per heavy atom. The number of tetrazole rings is 1. The molecule has 1 atom stereocenters. The third kappa shape index (κ3) is 4.51. The zero-order chi connectivity index (χ0) is 20.3. The van der Waals surface area contributed by atoms with E-state index < -0.39 is 5.25 Å². The van der Waals surface area contributed by atoms with E-state index in [1.54, 1.807) is 11.8 Å². The average molecular weight is 398 g/mol. The smallest absolute Gasteiger partial charge is 0.237 e. The fourth-order valence-electron chi connectivity index (χ4n) is 2.85. The fraction of sp³-hybridized carbons (Fsp3) is 0.300. The highest BCUT2D eigenvalue weighted by atomic mass is 32.2. The van der Waals surface area contributed by atoms with Crippen LogP contribution in [0.2, 0.25) is 0 Å². The first-order valence-electron chi connectivity index (χ1n) is 8.86. The summed E-state index contributed by atoms with van der Waals surface area (Å²) in [6.45, 7) is 7.84. The summed E-state index contributed by atoms with van der Waals surface area (Å²) in [4.78, 5) is 12.7. The van der Waals surface area contributed by atoms with Gasteiger partial charge in [-0.25, -0.2) is 0 Å². The topological polar surface area (TPSA) is 81.9 Å². The molecule has 1 amide bonds.